The summed E-state index contributed by atoms with van der Waals surface area (Å²) in [6.45, 7) is 1.25. The van der Waals surface area contributed by atoms with Crippen LogP contribution in [0.15, 0.2) is 91.1 Å². The van der Waals surface area contributed by atoms with Gasteiger partial charge in [0.05, 0.1) is 17.6 Å². The lowest BCUT2D eigenvalue weighted by Crippen LogP contribution is -2.11. The number of halogens is 2. The van der Waals surface area contributed by atoms with Gasteiger partial charge >= 0.3 is 0 Å². The molecule has 6 rings (SSSR count). The molecule has 3 aromatic carbocycles. The van der Waals surface area contributed by atoms with Gasteiger partial charge in [-0.25, -0.2) is 9.97 Å². The Kier molecular flexibility index (Phi) is 6.39. The minimum absolute atomic E-state index is 0.0430. The fraction of sp³-hybridized carbons (Fsp3) is 0.200. The predicted octanol–water partition coefficient (Wildman–Crippen LogP) is 7.87. The number of pyridine rings is 1. The van der Waals surface area contributed by atoms with Crippen LogP contribution in [-0.2, 0) is 6.54 Å². The van der Waals surface area contributed by atoms with Crippen molar-refractivity contribution in [1.29, 1.82) is 0 Å². The third-order valence-corrected chi connectivity index (χ3v) is 7.19. The molecule has 0 N–H and O–H groups in total. The van der Waals surface area contributed by atoms with Gasteiger partial charge in [-0.15, -0.1) is 0 Å². The summed E-state index contributed by atoms with van der Waals surface area (Å²) in [6, 6.07) is 28.5. The molecule has 6 heteroatoms. The number of rotatable bonds is 8. The molecule has 1 aliphatic carbocycles. The molecule has 0 saturated heterocycles. The van der Waals surface area contributed by atoms with Crippen LogP contribution < -0.4 is 4.74 Å². The van der Waals surface area contributed by atoms with Gasteiger partial charge in [0.2, 0.25) is 5.88 Å². The van der Waals surface area contributed by atoms with E-state index in [2.05, 4.69) is 52.0 Å². The highest BCUT2D eigenvalue weighted by Crippen LogP contribution is 2.41. The molecule has 2 aromatic heterocycles. The highest BCUT2D eigenvalue weighted by molar-refractivity contribution is 6.30. The molecule has 180 valence electrons. The monoisotopic (exact) mass is 513 g/mol. The van der Waals surface area contributed by atoms with Crippen molar-refractivity contribution >= 4 is 34.2 Å². The van der Waals surface area contributed by atoms with Crippen molar-refractivity contribution < 1.29 is 4.74 Å². The lowest BCUT2D eigenvalue weighted by atomic mass is 9.85. The highest BCUT2D eigenvalue weighted by atomic mass is 35.5. The number of ether oxygens (including phenoxy) is 1. The minimum Gasteiger partial charge on any atom is -0.476 e. The van der Waals surface area contributed by atoms with Crippen molar-refractivity contribution in [2.24, 2.45) is 0 Å². The molecular weight excluding hydrogens is 489 g/mol. The average molecular weight is 514 g/mol. The van der Waals surface area contributed by atoms with Crippen LogP contribution in [-0.4, -0.2) is 21.1 Å². The van der Waals surface area contributed by atoms with Crippen LogP contribution in [0.5, 0.6) is 5.88 Å². The fourth-order valence-electron chi connectivity index (χ4n) is 4.79. The summed E-state index contributed by atoms with van der Waals surface area (Å²) >= 11 is 12.4. The van der Waals surface area contributed by atoms with Gasteiger partial charge in [0, 0.05) is 34.1 Å². The Morgan fingerprint density at radius 3 is 2.11 bits per heavy atom. The number of imidazole rings is 1. The molecule has 36 heavy (non-hydrogen) atoms. The molecule has 1 fully saturated rings. The summed E-state index contributed by atoms with van der Waals surface area (Å²) in [5.41, 5.74) is 5.69. The molecular formula is C30H25Cl2N3O. The zero-order chi connectivity index (χ0) is 24.5. The number of fused-ring (bicyclic) bond motifs is 1. The first-order valence-electron chi connectivity index (χ1n) is 12.2. The number of benzene rings is 3. The van der Waals surface area contributed by atoms with E-state index in [1.54, 1.807) is 6.20 Å². The Morgan fingerprint density at radius 1 is 0.833 bits per heavy atom. The zero-order valence-corrected chi connectivity index (χ0v) is 21.2. The minimum atomic E-state index is 0.0430. The van der Waals surface area contributed by atoms with Gasteiger partial charge in [0.15, 0.2) is 0 Å². The van der Waals surface area contributed by atoms with Crippen LogP contribution in [0.3, 0.4) is 0 Å². The molecule has 4 nitrogen and oxygen atoms in total. The molecule has 0 radical (unpaired) electrons. The first-order chi connectivity index (χ1) is 17.7. The second kappa shape index (κ2) is 9.96. The SMILES string of the molecule is Clc1ccc(C(c2ccc(Cl)cc2)c2ccc3nc(C4CC4)n(CCOc4ccccn4)c3c2)cc1. The maximum Gasteiger partial charge on any atom is 0.213 e. The van der Waals surface area contributed by atoms with Gasteiger partial charge in [0.25, 0.3) is 0 Å². The van der Waals surface area contributed by atoms with E-state index in [1.165, 1.54) is 29.5 Å². The van der Waals surface area contributed by atoms with E-state index in [-0.39, 0.29) is 5.92 Å². The highest BCUT2D eigenvalue weighted by Gasteiger charge is 2.30. The van der Waals surface area contributed by atoms with Gasteiger partial charge < -0.3 is 9.30 Å². The van der Waals surface area contributed by atoms with E-state index in [0.29, 0.717) is 18.4 Å². The molecule has 5 aromatic rings. The Hall–Kier alpha value is -3.34. The summed E-state index contributed by atoms with van der Waals surface area (Å²) in [4.78, 5) is 9.31. The van der Waals surface area contributed by atoms with Crippen molar-refractivity contribution in [3.63, 3.8) is 0 Å². The Bertz CT molecular complexity index is 1430. The van der Waals surface area contributed by atoms with Gasteiger partial charge in [-0.3, -0.25) is 0 Å². The zero-order valence-electron chi connectivity index (χ0n) is 19.6. The molecule has 0 unspecified atom stereocenters. The summed E-state index contributed by atoms with van der Waals surface area (Å²) in [5, 5.41) is 1.45. The molecule has 0 spiro atoms. The Labute approximate surface area is 220 Å². The van der Waals surface area contributed by atoms with Crippen LogP contribution in [0.2, 0.25) is 10.0 Å². The predicted molar refractivity (Wildman–Crippen MR) is 145 cm³/mol. The van der Waals surface area contributed by atoms with Crippen molar-refractivity contribution in [3.05, 3.63) is 124 Å². The van der Waals surface area contributed by atoms with Crippen LogP contribution in [0.1, 0.15) is 47.2 Å². The first-order valence-corrected chi connectivity index (χ1v) is 13.0. The van der Waals surface area contributed by atoms with Crippen LogP contribution in [0.4, 0.5) is 0 Å². The lowest BCUT2D eigenvalue weighted by Gasteiger charge is -2.20. The van der Waals surface area contributed by atoms with E-state index in [1.807, 2.05) is 42.5 Å². The number of aromatic nitrogens is 3. The van der Waals surface area contributed by atoms with Crippen molar-refractivity contribution in [3.8, 4) is 5.88 Å². The van der Waals surface area contributed by atoms with Crippen molar-refractivity contribution in [2.45, 2.75) is 31.2 Å². The number of nitrogens with zero attached hydrogens (tertiary/aromatic N) is 3. The molecule has 2 heterocycles. The van der Waals surface area contributed by atoms with Crippen LogP contribution in [0.25, 0.3) is 11.0 Å². The second-order valence-corrected chi connectivity index (χ2v) is 10.1. The maximum atomic E-state index is 6.21. The van der Waals surface area contributed by atoms with E-state index >= 15 is 0 Å². The lowest BCUT2D eigenvalue weighted by molar-refractivity contribution is 0.287. The van der Waals surface area contributed by atoms with E-state index in [0.717, 1.165) is 33.4 Å². The second-order valence-electron chi connectivity index (χ2n) is 9.20. The van der Waals surface area contributed by atoms with E-state index in [9.17, 15) is 0 Å². The van der Waals surface area contributed by atoms with Crippen LogP contribution in [0, 0.1) is 0 Å². The molecule has 0 bridgehead atoms. The van der Waals surface area contributed by atoms with E-state index < -0.39 is 0 Å². The maximum absolute atomic E-state index is 6.21. The topological polar surface area (TPSA) is 39.9 Å². The molecule has 1 saturated carbocycles. The van der Waals surface area contributed by atoms with Gasteiger partial charge in [-0.1, -0.05) is 59.6 Å². The Morgan fingerprint density at radius 2 is 1.50 bits per heavy atom. The molecule has 0 aliphatic heterocycles. The largest absolute Gasteiger partial charge is 0.476 e. The normalized spacial score (nSPS) is 13.4. The number of hydrogen-bond donors (Lipinski definition) is 0. The fourth-order valence-corrected chi connectivity index (χ4v) is 5.04. The molecule has 0 amide bonds. The number of hydrogen-bond acceptors (Lipinski definition) is 3. The van der Waals surface area contributed by atoms with Gasteiger partial charge in [-0.05, 0) is 72.0 Å². The summed E-state index contributed by atoms with van der Waals surface area (Å²) in [5.74, 6) is 2.36. The van der Waals surface area contributed by atoms with Gasteiger partial charge in [0.1, 0.15) is 12.4 Å². The summed E-state index contributed by atoms with van der Waals surface area (Å²) in [7, 11) is 0. The van der Waals surface area contributed by atoms with Gasteiger partial charge in [-0.2, -0.15) is 0 Å². The average Bonchev–Trinajstić information content (AvgIpc) is 3.69. The Balaban J connectivity index is 1.40. The summed E-state index contributed by atoms with van der Waals surface area (Å²) in [6.07, 6.45) is 4.13. The standard InChI is InChI=1S/C30H25Cl2N3O/c31-24-11-6-20(7-12-24)29(21-8-13-25(32)14-9-21)23-10-15-26-27(19-23)35(30(34-26)22-4-5-22)17-18-36-28-3-1-2-16-33-28/h1-3,6-16,19,22,29H,4-5,17-18H2. The first kappa shape index (κ1) is 23.1. The molecule has 1 aliphatic rings. The summed E-state index contributed by atoms with van der Waals surface area (Å²) < 4.78 is 8.27. The van der Waals surface area contributed by atoms with Crippen molar-refractivity contribution in [2.75, 3.05) is 6.61 Å². The van der Waals surface area contributed by atoms with E-state index in [4.69, 9.17) is 32.9 Å². The quantitative estimate of drug-likeness (QED) is 0.198. The smallest absolute Gasteiger partial charge is 0.213 e. The third-order valence-electron chi connectivity index (χ3n) is 6.69. The van der Waals surface area contributed by atoms with Crippen LogP contribution >= 0.6 is 23.2 Å². The van der Waals surface area contributed by atoms with Crippen molar-refractivity contribution in [1.82, 2.24) is 14.5 Å². The molecule has 0 atom stereocenters. The third kappa shape index (κ3) is 4.84.